The van der Waals surface area contributed by atoms with Crippen molar-refractivity contribution in [3.8, 4) is 0 Å². The van der Waals surface area contributed by atoms with E-state index in [1.807, 2.05) is 54.6 Å². The Balaban J connectivity index is 1.14. The number of hydrogen-bond donors (Lipinski definition) is 0. The van der Waals surface area contributed by atoms with Gasteiger partial charge >= 0.3 is 0 Å². The highest BCUT2D eigenvalue weighted by molar-refractivity contribution is 5.47. The molecule has 0 saturated heterocycles. The summed E-state index contributed by atoms with van der Waals surface area (Å²) in [5.41, 5.74) is 2.47. The first kappa shape index (κ1) is 39.7. The highest BCUT2D eigenvalue weighted by Gasteiger charge is 2.37. The first-order valence-electron chi connectivity index (χ1n) is 17.3. The summed E-state index contributed by atoms with van der Waals surface area (Å²) in [7, 11) is 0. The molecule has 0 aromatic heterocycles. The Hall–Kier alpha value is -2.70. The molecule has 0 heterocycles. The average molecular weight is 669 g/mol. The van der Waals surface area contributed by atoms with Crippen molar-refractivity contribution in [1.82, 2.24) is 0 Å². The zero-order valence-electron chi connectivity index (χ0n) is 28.8. The van der Waals surface area contributed by atoms with Crippen LogP contribution in [0.3, 0.4) is 0 Å². The highest BCUT2D eigenvalue weighted by atomic mass is 16.6. The maximum atomic E-state index is 6.72. The lowest BCUT2D eigenvalue weighted by Gasteiger charge is -2.36. The van der Waals surface area contributed by atoms with Gasteiger partial charge in [-0.25, -0.2) is 0 Å². The van der Waals surface area contributed by atoms with Crippen LogP contribution in [0.15, 0.2) is 91.0 Å². The average Bonchev–Trinajstić information content (AvgIpc) is 3.14. The first-order valence-corrected chi connectivity index (χ1v) is 17.3. The summed E-state index contributed by atoms with van der Waals surface area (Å²) in [5, 5.41) is 0. The number of ether oxygens (including phenoxy) is 9. The minimum atomic E-state index is -0.744. The van der Waals surface area contributed by atoms with Crippen LogP contribution in [-0.4, -0.2) is 112 Å². The van der Waals surface area contributed by atoms with Crippen molar-refractivity contribution in [2.45, 2.75) is 25.4 Å². The Morgan fingerprint density at radius 2 is 0.583 bits per heavy atom. The van der Waals surface area contributed by atoms with Crippen LogP contribution in [-0.2, 0) is 48.2 Å². The Morgan fingerprint density at radius 3 is 0.854 bits per heavy atom. The molecular weight excluding hydrogens is 612 g/mol. The number of unbranched alkanes of at least 4 members (excludes halogenated alkanes) is 1. The van der Waals surface area contributed by atoms with Crippen molar-refractivity contribution in [3.63, 3.8) is 0 Å². The molecule has 9 heteroatoms. The van der Waals surface area contributed by atoms with E-state index in [0.29, 0.717) is 106 Å². The zero-order valence-corrected chi connectivity index (χ0v) is 28.8. The molecule has 0 radical (unpaired) electrons. The third-order valence-corrected chi connectivity index (χ3v) is 7.33. The molecule has 0 spiro atoms. The van der Waals surface area contributed by atoms with Gasteiger partial charge in [-0.3, -0.25) is 0 Å². The van der Waals surface area contributed by atoms with E-state index in [0.717, 1.165) is 36.1 Å². The maximum Gasteiger partial charge on any atom is 0.143 e. The molecule has 0 fully saturated rings. The fourth-order valence-electron chi connectivity index (χ4n) is 4.91. The summed E-state index contributed by atoms with van der Waals surface area (Å²) >= 11 is 0. The van der Waals surface area contributed by atoms with Gasteiger partial charge < -0.3 is 42.6 Å². The van der Waals surface area contributed by atoms with Crippen LogP contribution in [0.1, 0.15) is 36.5 Å². The molecule has 0 amide bonds. The van der Waals surface area contributed by atoms with Crippen LogP contribution in [0.25, 0.3) is 0 Å². The lowest BCUT2D eigenvalue weighted by atomic mass is 9.80. The van der Waals surface area contributed by atoms with Crippen molar-refractivity contribution in [1.29, 1.82) is 0 Å². The molecule has 3 aromatic rings. The summed E-state index contributed by atoms with van der Waals surface area (Å²) < 4.78 is 51.2. The van der Waals surface area contributed by atoms with Gasteiger partial charge in [-0.2, -0.15) is 0 Å². The predicted octanol–water partition coefficient (Wildman–Crippen LogP) is 5.93. The first-order chi connectivity index (χ1) is 23.9. The van der Waals surface area contributed by atoms with Crippen molar-refractivity contribution < 1.29 is 42.6 Å². The van der Waals surface area contributed by atoms with Gasteiger partial charge in [-0.05, 0) is 23.1 Å². The third kappa shape index (κ3) is 16.1. The number of rotatable bonds is 31. The molecular formula is C39H56O9. The molecule has 3 aromatic carbocycles. The quantitative estimate of drug-likeness (QED) is 0.0612. The van der Waals surface area contributed by atoms with Crippen LogP contribution >= 0.6 is 0 Å². The van der Waals surface area contributed by atoms with Gasteiger partial charge in [0.15, 0.2) is 0 Å². The van der Waals surface area contributed by atoms with E-state index in [1.165, 1.54) is 0 Å². The van der Waals surface area contributed by atoms with Gasteiger partial charge in [0.1, 0.15) is 5.60 Å². The number of benzene rings is 3. The van der Waals surface area contributed by atoms with Crippen molar-refractivity contribution in [2.75, 3.05) is 112 Å². The molecule has 0 atom stereocenters. The standard InChI is InChI=1S/C39H56O9/c1-2-3-19-40-20-21-41-22-23-42-24-25-43-26-27-44-28-29-45-30-31-46-32-33-47-34-35-48-39(36-13-7-4-8-14-36,37-15-9-5-10-16-37)38-17-11-6-12-18-38/h4-18H,2-3,19-35H2,1H3. The minimum absolute atomic E-state index is 0.423. The van der Waals surface area contributed by atoms with Gasteiger partial charge in [0.05, 0.1) is 106 Å². The molecule has 0 N–H and O–H groups in total. The van der Waals surface area contributed by atoms with Crippen LogP contribution in [0.5, 0.6) is 0 Å². The summed E-state index contributed by atoms with van der Waals surface area (Å²) in [6.45, 7) is 11.3. The van der Waals surface area contributed by atoms with Gasteiger partial charge in [0, 0.05) is 6.61 Å². The second-order valence-electron chi connectivity index (χ2n) is 10.9. The van der Waals surface area contributed by atoms with E-state index in [4.69, 9.17) is 42.6 Å². The van der Waals surface area contributed by atoms with Gasteiger partial charge in [0.25, 0.3) is 0 Å². The predicted molar refractivity (Wildman–Crippen MR) is 187 cm³/mol. The summed E-state index contributed by atoms with van der Waals surface area (Å²) in [5.74, 6) is 0. The molecule has 0 bridgehead atoms. The van der Waals surface area contributed by atoms with Crippen molar-refractivity contribution >= 4 is 0 Å². The zero-order chi connectivity index (χ0) is 33.6. The highest BCUT2D eigenvalue weighted by Crippen LogP contribution is 2.40. The molecule has 0 aliphatic rings. The monoisotopic (exact) mass is 668 g/mol. The third-order valence-electron chi connectivity index (χ3n) is 7.33. The molecule has 0 aliphatic heterocycles. The van der Waals surface area contributed by atoms with Gasteiger partial charge in [0.2, 0.25) is 0 Å². The molecule has 0 saturated carbocycles. The topological polar surface area (TPSA) is 83.1 Å². The lowest BCUT2D eigenvalue weighted by Crippen LogP contribution is -2.34. The van der Waals surface area contributed by atoms with E-state index in [2.05, 4.69) is 43.3 Å². The van der Waals surface area contributed by atoms with E-state index in [-0.39, 0.29) is 0 Å². The molecule has 9 nitrogen and oxygen atoms in total. The van der Waals surface area contributed by atoms with Crippen LogP contribution in [0, 0.1) is 0 Å². The Kier molecular flexibility index (Phi) is 22.5. The minimum Gasteiger partial charge on any atom is -0.379 e. The summed E-state index contributed by atoms with van der Waals surface area (Å²) in [6.07, 6.45) is 2.24. The van der Waals surface area contributed by atoms with Crippen LogP contribution in [0.4, 0.5) is 0 Å². The summed E-state index contributed by atoms with van der Waals surface area (Å²) in [6, 6.07) is 31.0. The lowest BCUT2D eigenvalue weighted by molar-refractivity contribution is -0.0398. The Labute approximate surface area is 287 Å². The van der Waals surface area contributed by atoms with E-state index < -0.39 is 5.60 Å². The van der Waals surface area contributed by atoms with Gasteiger partial charge in [-0.15, -0.1) is 0 Å². The van der Waals surface area contributed by atoms with E-state index >= 15 is 0 Å². The van der Waals surface area contributed by atoms with E-state index in [9.17, 15) is 0 Å². The van der Waals surface area contributed by atoms with E-state index in [1.54, 1.807) is 0 Å². The molecule has 3 rings (SSSR count). The van der Waals surface area contributed by atoms with Gasteiger partial charge in [-0.1, -0.05) is 104 Å². The SMILES string of the molecule is CCCCOCCOCCOCCOCCOCCOCCOCCOCCOC(c1ccccc1)(c1ccccc1)c1ccccc1. The molecule has 0 unspecified atom stereocenters. The maximum absolute atomic E-state index is 6.72. The molecule has 48 heavy (non-hydrogen) atoms. The normalized spacial score (nSPS) is 11.7. The van der Waals surface area contributed by atoms with Crippen LogP contribution < -0.4 is 0 Å². The Bertz CT molecular complexity index is 1020. The smallest absolute Gasteiger partial charge is 0.143 e. The molecule has 266 valence electrons. The Morgan fingerprint density at radius 1 is 0.333 bits per heavy atom. The van der Waals surface area contributed by atoms with Crippen LogP contribution in [0.2, 0.25) is 0 Å². The molecule has 0 aliphatic carbocycles. The van der Waals surface area contributed by atoms with Crippen molar-refractivity contribution in [2.24, 2.45) is 0 Å². The second kappa shape index (κ2) is 27.2. The number of hydrogen-bond acceptors (Lipinski definition) is 9. The van der Waals surface area contributed by atoms with Crippen molar-refractivity contribution in [3.05, 3.63) is 108 Å². The second-order valence-corrected chi connectivity index (χ2v) is 10.9. The summed E-state index contributed by atoms with van der Waals surface area (Å²) in [4.78, 5) is 0. The fraction of sp³-hybridized carbons (Fsp3) is 0.538. The fourth-order valence-corrected chi connectivity index (χ4v) is 4.91. The largest absolute Gasteiger partial charge is 0.379 e.